The van der Waals surface area contributed by atoms with E-state index in [1.54, 1.807) is 4.90 Å². The van der Waals surface area contributed by atoms with Crippen molar-refractivity contribution >= 4 is 23.5 Å². The molecule has 0 bridgehead atoms. The average molecular weight is 557 g/mol. The molecule has 2 aromatic rings. The fourth-order valence-corrected chi connectivity index (χ4v) is 5.18. The van der Waals surface area contributed by atoms with Gasteiger partial charge in [-0.1, -0.05) is 12.1 Å². The number of nitrogens with two attached hydrogens (primary N) is 1. The molecule has 5 rings (SSSR count). The minimum atomic E-state index is -0.552. The monoisotopic (exact) mass is 556 g/mol. The summed E-state index contributed by atoms with van der Waals surface area (Å²) < 4.78 is 27.5. The van der Waals surface area contributed by atoms with Crippen molar-refractivity contribution in [3.63, 3.8) is 0 Å². The zero-order valence-electron chi connectivity index (χ0n) is 23.7. The van der Waals surface area contributed by atoms with Crippen LogP contribution >= 0.6 is 0 Å². The molecular weight excluding hydrogens is 515 g/mol. The number of hydrogen-bond donors (Lipinski definition) is 2. The number of morpholine rings is 1. The SMILES string of the molecule is CC(C)(C)OC(=O)N1CCN(c2nc(C3CNCCO3)c(F)c(N3CCN(c4ccc(CN)cc4)CC3)n2)CC1. The Morgan fingerprint density at radius 3 is 2.27 bits per heavy atom. The molecule has 3 aliphatic rings. The first-order valence-corrected chi connectivity index (χ1v) is 14.1. The lowest BCUT2D eigenvalue weighted by atomic mass is 10.1. The number of hydrogen-bond acceptors (Lipinski definition) is 10. The molecule has 0 radical (unpaired) electrons. The van der Waals surface area contributed by atoms with E-state index in [0.29, 0.717) is 70.7 Å². The van der Waals surface area contributed by atoms with Crippen molar-refractivity contribution in [3.8, 4) is 0 Å². The lowest BCUT2D eigenvalue weighted by Gasteiger charge is -2.38. The summed E-state index contributed by atoms with van der Waals surface area (Å²) in [6.45, 7) is 12.5. The molecule has 1 unspecified atom stereocenters. The van der Waals surface area contributed by atoms with Gasteiger partial charge < -0.3 is 40.1 Å². The molecule has 1 amide bonds. The molecule has 218 valence electrons. The lowest BCUT2D eigenvalue weighted by Crippen LogP contribution is -2.51. The first-order valence-electron chi connectivity index (χ1n) is 14.1. The van der Waals surface area contributed by atoms with E-state index in [0.717, 1.165) is 30.9 Å². The van der Waals surface area contributed by atoms with Crippen molar-refractivity contribution in [2.75, 3.05) is 86.8 Å². The van der Waals surface area contributed by atoms with Gasteiger partial charge in [-0.25, -0.2) is 14.2 Å². The number of halogens is 1. The van der Waals surface area contributed by atoms with Gasteiger partial charge >= 0.3 is 6.09 Å². The normalized spacial score (nSPS) is 20.6. The topological polar surface area (TPSA) is 112 Å². The molecule has 1 atom stereocenters. The van der Waals surface area contributed by atoms with Crippen LogP contribution in [0.15, 0.2) is 24.3 Å². The Morgan fingerprint density at radius 2 is 1.68 bits per heavy atom. The molecule has 1 aromatic carbocycles. The Kier molecular flexibility index (Phi) is 8.57. The van der Waals surface area contributed by atoms with Gasteiger partial charge in [-0.2, -0.15) is 4.98 Å². The molecule has 4 heterocycles. The van der Waals surface area contributed by atoms with Crippen LogP contribution in [0.3, 0.4) is 0 Å². The van der Waals surface area contributed by atoms with E-state index >= 15 is 4.39 Å². The number of nitrogens with zero attached hydrogens (tertiary/aromatic N) is 6. The van der Waals surface area contributed by atoms with E-state index in [4.69, 9.17) is 20.2 Å². The van der Waals surface area contributed by atoms with E-state index < -0.39 is 17.5 Å². The van der Waals surface area contributed by atoms with Gasteiger partial charge in [-0.3, -0.25) is 0 Å². The van der Waals surface area contributed by atoms with E-state index in [9.17, 15) is 4.79 Å². The van der Waals surface area contributed by atoms with Crippen molar-refractivity contribution in [3.05, 3.63) is 41.3 Å². The first kappa shape index (κ1) is 28.3. The molecule has 0 aliphatic carbocycles. The Morgan fingerprint density at radius 1 is 1.02 bits per heavy atom. The number of aromatic nitrogens is 2. The van der Waals surface area contributed by atoms with Crippen LogP contribution in [-0.4, -0.2) is 98.6 Å². The number of nitrogens with one attached hydrogen (secondary N) is 1. The van der Waals surface area contributed by atoms with Gasteiger partial charge in [0.15, 0.2) is 11.6 Å². The summed E-state index contributed by atoms with van der Waals surface area (Å²) >= 11 is 0. The van der Waals surface area contributed by atoms with E-state index in [1.807, 2.05) is 42.7 Å². The maximum Gasteiger partial charge on any atom is 0.410 e. The Balaban J connectivity index is 1.33. The quantitative estimate of drug-likeness (QED) is 0.568. The summed E-state index contributed by atoms with van der Waals surface area (Å²) in [6.07, 6.45) is -0.814. The second-order valence-electron chi connectivity index (χ2n) is 11.4. The predicted octanol–water partition coefficient (Wildman–Crippen LogP) is 2.12. The third-order valence-corrected chi connectivity index (χ3v) is 7.41. The van der Waals surface area contributed by atoms with Crippen LogP contribution < -0.4 is 25.8 Å². The Bertz CT molecular complexity index is 1150. The minimum Gasteiger partial charge on any atom is -0.444 e. The molecular formula is C28H41FN8O3. The van der Waals surface area contributed by atoms with Crippen molar-refractivity contribution < 1.29 is 18.7 Å². The first-order chi connectivity index (χ1) is 19.2. The van der Waals surface area contributed by atoms with Gasteiger partial charge in [0.1, 0.15) is 17.4 Å². The van der Waals surface area contributed by atoms with Crippen molar-refractivity contribution in [1.29, 1.82) is 0 Å². The third kappa shape index (κ3) is 6.56. The summed E-state index contributed by atoms with van der Waals surface area (Å²) in [5.74, 6) is 0.344. The van der Waals surface area contributed by atoms with Crippen LogP contribution in [0, 0.1) is 5.82 Å². The standard InChI is InChI=1S/C28H41FN8O3/c1-28(2,3)40-27(38)37-15-13-36(14-16-37)26-32-24(22-19-31-8-17-39-22)23(29)25(33-26)35-11-9-34(10-12-35)21-6-4-20(18-30)5-7-21/h4-7,22,31H,8-19,30H2,1-3H3. The van der Waals surface area contributed by atoms with E-state index in [2.05, 4.69) is 27.3 Å². The van der Waals surface area contributed by atoms with Crippen LogP contribution in [0.25, 0.3) is 0 Å². The number of amides is 1. The third-order valence-electron chi connectivity index (χ3n) is 7.41. The Hall–Kier alpha value is -3.22. The van der Waals surface area contributed by atoms with Crippen LogP contribution in [0.5, 0.6) is 0 Å². The van der Waals surface area contributed by atoms with Crippen LogP contribution in [-0.2, 0) is 16.0 Å². The number of carbonyl (C=O) groups is 1. The van der Waals surface area contributed by atoms with Gasteiger partial charge in [0, 0.05) is 77.7 Å². The molecule has 40 heavy (non-hydrogen) atoms. The second kappa shape index (κ2) is 12.1. The number of anilines is 3. The number of ether oxygens (including phenoxy) is 2. The van der Waals surface area contributed by atoms with Crippen molar-refractivity contribution in [1.82, 2.24) is 20.2 Å². The average Bonchev–Trinajstić information content (AvgIpc) is 2.97. The van der Waals surface area contributed by atoms with Gasteiger partial charge in [-0.05, 0) is 38.5 Å². The number of benzene rings is 1. The van der Waals surface area contributed by atoms with Gasteiger partial charge in [-0.15, -0.1) is 0 Å². The van der Waals surface area contributed by atoms with Crippen LogP contribution in [0.1, 0.15) is 38.1 Å². The zero-order chi connectivity index (χ0) is 28.3. The van der Waals surface area contributed by atoms with Gasteiger partial charge in [0.25, 0.3) is 0 Å². The molecule has 3 N–H and O–H groups in total. The summed E-state index contributed by atoms with van der Waals surface area (Å²) in [5.41, 5.74) is 7.69. The van der Waals surface area contributed by atoms with Crippen LogP contribution in [0.2, 0.25) is 0 Å². The molecule has 0 spiro atoms. The molecule has 3 fully saturated rings. The van der Waals surface area contributed by atoms with Crippen LogP contribution in [0.4, 0.5) is 26.6 Å². The second-order valence-corrected chi connectivity index (χ2v) is 11.4. The lowest BCUT2D eigenvalue weighted by molar-refractivity contribution is 0.0225. The summed E-state index contributed by atoms with van der Waals surface area (Å²) in [4.78, 5) is 30.0. The zero-order valence-corrected chi connectivity index (χ0v) is 23.7. The number of carbonyl (C=O) groups excluding carboxylic acids is 1. The minimum absolute atomic E-state index is 0.279. The molecule has 0 saturated carbocycles. The summed E-state index contributed by atoms with van der Waals surface area (Å²) in [6, 6.07) is 8.27. The molecule has 1 aromatic heterocycles. The molecule has 3 saturated heterocycles. The Labute approximate surface area is 235 Å². The van der Waals surface area contributed by atoms with Crippen molar-refractivity contribution in [2.45, 2.75) is 39.0 Å². The fourth-order valence-electron chi connectivity index (χ4n) is 5.18. The van der Waals surface area contributed by atoms with E-state index in [-0.39, 0.29) is 11.8 Å². The molecule has 12 heteroatoms. The maximum absolute atomic E-state index is 16.0. The fraction of sp³-hybridized carbons (Fsp3) is 0.607. The van der Waals surface area contributed by atoms with Crippen molar-refractivity contribution in [2.24, 2.45) is 5.73 Å². The van der Waals surface area contributed by atoms with Gasteiger partial charge in [0.2, 0.25) is 5.95 Å². The summed E-state index contributed by atoms with van der Waals surface area (Å²) in [7, 11) is 0. The van der Waals surface area contributed by atoms with Gasteiger partial charge in [0.05, 0.1) is 6.61 Å². The highest BCUT2D eigenvalue weighted by atomic mass is 19.1. The number of rotatable bonds is 5. The molecule has 11 nitrogen and oxygen atoms in total. The molecule has 3 aliphatic heterocycles. The number of piperazine rings is 2. The predicted molar refractivity (Wildman–Crippen MR) is 152 cm³/mol. The highest BCUT2D eigenvalue weighted by molar-refractivity contribution is 5.68. The smallest absolute Gasteiger partial charge is 0.410 e. The maximum atomic E-state index is 16.0. The highest BCUT2D eigenvalue weighted by Crippen LogP contribution is 2.30. The largest absolute Gasteiger partial charge is 0.444 e. The summed E-state index contributed by atoms with van der Waals surface area (Å²) in [5, 5.41) is 3.28. The highest BCUT2D eigenvalue weighted by Gasteiger charge is 2.32. The van der Waals surface area contributed by atoms with E-state index in [1.165, 1.54) is 0 Å².